The molecule has 0 spiro atoms. The summed E-state index contributed by atoms with van der Waals surface area (Å²) in [6.07, 6.45) is 0. The number of piperazine rings is 1. The lowest BCUT2D eigenvalue weighted by atomic mass is 10.1. The Hall–Kier alpha value is -2.69. The van der Waals surface area contributed by atoms with Crippen LogP contribution in [0.2, 0.25) is 0 Å². The van der Waals surface area contributed by atoms with Gasteiger partial charge in [-0.1, -0.05) is 12.1 Å². The van der Waals surface area contributed by atoms with Crippen molar-refractivity contribution in [1.82, 2.24) is 9.62 Å². The second-order valence-corrected chi connectivity index (χ2v) is 10.1. The van der Waals surface area contributed by atoms with Crippen molar-refractivity contribution >= 4 is 27.1 Å². The summed E-state index contributed by atoms with van der Waals surface area (Å²) in [4.78, 5) is 17.3. The first-order valence-electron chi connectivity index (χ1n) is 10.6. The van der Waals surface area contributed by atoms with Crippen LogP contribution in [0.5, 0.6) is 0 Å². The minimum absolute atomic E-state index is 0.0965. The first-order chi connectivity index (χ1) is 15.1. The van der Waals surface area contributed by atoms with E-state index < -0.39 is 14.9 Å². The Bertz CT molecular complexity index is 1080. The van der Waals surface area contributed by atoms with E-state index in [4.69, 9.17) is 0 Å². The van der Waals surface area contributed by atoms with Crippen molar-refractivity contribution in [3.8, 4) is 0 Å². The van der Waals surface area contributed by atoms with Gasteiger partial charge >= 0.3 is 0 Å². The predicted octanol–water partition coefficient (Wildman–Crippen LogP) is 2.38. The van der Waals surface area contributed by atoms with Gasteiger partial charge in [-0.05, 0) is 57.3 Å². The zero-order valence-electron chi connectivity index (χ0n) is 19.0. The Morgan fingerprint density at radius 2 is 1.66 bits per heavy atom. The molecule has 0 bridgehead atoms. The quantitative estimate of drug-likeness (QED) is 0.476. The molecule has 9 nitrogen and oxygen atoms in total. The van der Waals surface area contributed by atoms with E-state index in [1.807, 2.05) is 30.0 Å². The summed E-state index contributed by atoms with van der Waals surface area (Å²) < 4.78 is 27.6. The van der Waals surface area contributed by atoms with E-state index >= 15 is 0 Å². The zero-order valence-corrected chi connectivity index (χ0v) is 19.9. The highest BCUT2D eigenvalue weighted by Crippen LogP contribution is 2.32. The van der Waals surface area contributed by atoms with Crippen molar-refractivity contribution in [2.75, 3.05) is 63.2 Å². The van der Waals surface area contributed by atoms with Gasteiger partial charge in [-0.3, -0.25) is 10.1 Å². The molecule has 0 saturated carbocycles. The van der Waals surface area contributed by atoms with Crippen molar-refractivity contribution in [2.24, 2.45) is 0 Å². The van der Waals surface area contributed by atoms with Crippen LogP contribution in [0.25, 0.3) is 0 Å². The van der Waals surface area contributed by atoms with E-state index in [9.17, 15) is 18.5 Å². The maximum atomic E-state index is 12.6. The van der Waals surface area contributed by atoms with Gasteiger partial charge in [0.15, 0.2) is 0 Å². The van der Waals surface area contributed by atoms with Crippen LogP contribution in [-0.4, -0.2) is 71.6 Å². The molecule has 174 valence electrons. The van der Waals surface area contributed by atoms with Crippen LogP contribution in [0.3, 0.4) is 0 Å². The molecule has 10 heteroatoms. The van der Waals surface area contributed by atoms with E-state index in [0.29, 0.717) is 25.3 Å². The van der Waals surface area contributed by atoms with Gasteiger partial charge in [-0.25, -0.2) is 13.1 Å². The number of likely N-dealkylation sites (N-methyl/N-ethyl adjacent to an activating group) is 1. The van der Waals surface area contributed by atoms with Gasteiger partial charge in [0.1, 0.15) is 5.69 Å². The van der Waals surface area contributed by atoms with E-state index in [1.54, 1.807) is 6.07 Å². The Morgan fingerprint density at radius 1 is 1.03 bits per heavy atom. The number of hydrogen-bond donors (Lipinski definition) is 1. The highest BCUT2D eigenvalue weighted by atomic mass is 32.2. The summed E-state index contributed by atoms with van der Waals surface area (Å²) in [5.41, 5.74) is 3.91. The summed E-state index contributed by atoms with van der Waals surface area (Å²) in [7, 11) is -0.139. The monoisotopic (exact) mass is 461 g/mol. The predicted molar refractivity (Wildman–Crippen MR) is 127 cm³/mol. The molecule has 1 fully saturated rings. The highest BCUT2D eigenvalue weighted by molar-refractivity contribution is 7.89. The van der Waals surface area contributed by atoms with Crippen LogP contribution < -0.4 is 14.5 Å². The molecule has 0 aromatic heterocycles. The molecule has 32 heavy (non-hydrogen) atoms. The molecule has 0 unspecified atom stereocenters. The molecule has 3 rings (SSSR count). The minimum Gasteiger partial charge on any atom is -0.368 e. The van der Waals surface area contributed by atoms with E-state index in [0.717, 1.165) is 19.2 Å². The SMILES string of the molecule is Cc1cccc(N2CCN(c3ccc(S(=O)(=O)NCCN(C)C)cc3[N+](=O)[O-])CC2)c1C. The van der Waals surface area contributed by atoms with Crippen LogP contribution >= 0.6 is 0 Å². The minimum atomic E-state index is -3.82. The average molecular weight is 462 g/mol. The molecular formula is C22H31N5O4S. The summed E-state index contributed by atoms with van der Waals surface area (Å²) in [6, 6.07) is 10.4. The summed E-state index contributed by atoms with van der Waals surface area (Å²) in [6.45, 7) is 7.64. The standard InChI is InChI=1S/C22H31N5O4S/c1-17-6-5-7-20(18(17)2)25-12-14-26(15-13-25)21-9-8-19(16-22(21)27(28)29)32(30,31)23-10-11-24(3)4/h5-9,16,23H,10-15H2,1-4H3. The number of hydrogen-bond acceptors (Lipinski definition) is 7. The molecule has 0 atom stereocenters. The second-order valence-electron chi connectivity index (χ2n) is 8.30. The molecule has 1 saturated heterocycles. The van der Waals surface area contributed by atoms with Crippen LogP contribution in [0.15, 0.2) is 41.3 Å². The van der Waals surface area contributed by atoms with Crippen LogP contribution in [-0.2, 0) is 10.0 Å². The molecule has 1 N–H and O–H groups in total. The average Bonchev–Trinajstić information content (AvgIpc) is 2.75. The molecule has 2 aromatic carbocycles. The summed E-state index contributed by atoms with van der Waals surface area (Å²) in [5.74, 6) is 0. The third kappa shape index (κ3) is 5.37. The Labute approximate surface area is 189 Å². The molecule has 1 heterocycles. The number of rotatable bonds is 8. The van der Waals surface area contributed by atoms with Gasteiger partial charge in [-0.15, -0.1) is 0 Å². The van der Waals surface area contributed by atoms with Crippen molar-refractivity contribution in [3.05, 3.63) is 57.6 Å². The van der Waals surface area contributed by atoms with Gasteiger partial charge in [0.25, 0.3) is 5.69 Å². The smallest absolute Gasteiger partial charge is 0.293 e. The fraction of sp³-hybridized carbons (Fsp3) is 0.455. The van der Waals surface area contributed by atoms with Gasteiger partial charge in [-0.2, -0.15) is 0 Å². The lowest BCUT2D eigenvalue weighted by molar-refractivity contribution is -0.384. The molecule has 0 radical (unpaired) electrons. The first kappa shape index (κ1) is 24.0. The van der Waals surface area contributed by atoms with Crippen molar-refractivity contribution < 1.29 is 13.3 Å². The van der Waals surface area contributed by atoms with Crippen molar-refractivity contribution in [1.29, 1.82) is 0 Å². The van der Waals surface area contributed by atoms with Crippen molar-refractivity contribution in [3.63, 3.8) is 0 Å². The largest absolute Gasteiger partial charge is 0.368 e. The normalized spacial score (nSPS) is 14.8. The Balaban J connectivity index is 1.77. The van der Waals surface area contributed by atoms with E-state index in [2.05, 4.69) is 35.6 Å². The topological polar surface area (TPSA) is 99.0 Å². The Morgan fingerprint density at radius 3 is 2.25 bits per heavy atom. The molecule has 1 aliphatic heterocycles. The highest BCUT2D eigenvalue weighted by Gasteiger charge is 2.27. The first-order valence-corrected chi connectivity index (χ1v) is 12.1. The number of benzene rings is 2. The third-order valence-corrected chi connectivity index (χ3v) is 7.30. The molecular weight excluding hydrogens is 430 g/mol. The van der Waals surface area contributed by atoms with Gasteiger partial charge in [0, 0.05) is 51.0 Å². The number of aryl methyl sites for hydroxylation is 1. The Kier molecular flexibility index (Phi) is 7.37. The van der Waals surface area contributed by atoms with Crippen molar-refractivity contribution in [2.45, 2.75) is 18.7 Å². The van der Waals surface area contributed by atoms with E-state index in [-0.39, 0.29) is 17.1 Å². The van der Waals surface area contributed by atoms with Crippen LogP contribution in [0, 0.1) is 24.0 Å². The molecule has 2 aromatic rings. The van der Waals surface area contributed by atoms with Gasteiger partial charge < -0.3 is 14.7 Å². The zero-order chi connectivity index (χ0) is 23.5. The number of nitro benzene ring substituents is 1. The maximum Gasteiger partial charge on any atom is 0.293 e. The number of nitro groups is 1. The number of anilines is 2. The lowest BCUT2D eigenvalue weighted by Gasteiger charge is -2.38. The van der Waals surface area contributed by atoms with E-state index in [1.165, 1.54) is 22.9 Å². The number of sulfonamides is 1. The second kappa shape index (κ2) is 9.85. The van der Waals surface area contributed by atoms with Gasteiger partial charge in [0.05, 0.1) is 9.82 Å². The van der Waals surface area contributed by atoms with Gasteiger partial charge in [0.2, 0.25) is 10.0 Å². The fourth-order valence-electron chi connectivity index (χ4n) is 3.84. The molecule has 0 aliphatic carbocycles. The number of nitrogens with zero attached hydrogens (tertiary/aromatic N) is 4. The number of nitrogens with one attached hydrogen (secondary N) is 1. The molecule has 0 amide bonds. The fourth-order valence-corrected chi connectivity index (χ4v) is 4.88. The maximum absolute atomic E-state index is 12.6. The molecule has 1 aliphatic rings. The summed E-state index contributed by atoms with van der Waals surface area (Å²) in [5, 5.41) is 11.8. The summed E-state index contributed by atoms with van der Waals surface area (Å²) >= 11 is 0. The van der Waals surface area contributed by atoms with Crippen LogP contribution in [0.4, 0.5) is 17.1 Å². The third-order valence-electron chi connectivity index (χ3n) is 5.84. The van der Waals surface area contributed by atoms with Crippen LogP contribution in [0.1, 0.15) is 11.1 Å². The lowest BCUT2D eigenvalue weighted by Crippen LogP contribution is -2.47.